The van der Waals surface area contributed by atoms with Crippen LogP contribution in [0.4, 0.5) is 5.69 Å². The minimum atomic E-state index is -0.0357. The van der Waals surface area contributed by atoms with E-state index in [-0.39, 0.29) is 5.91 Å². The molecule has 0 aliphatic carbocycles. The number of nitrogens with one attached hydrogen (secondary N) is 1. The van der Waals surface area contributed by atoms with Gasteiger partial charge in [-0.05, 0) is 50.1 Å². The summed E-state index contributed by atoms with van der Waals surface area (Å²) in [7, 11) is 0. The summed E-state index contributed by atoms with van der Waals surface area (Å²) in [5.74, 6) is -0.0357. The SMILES string of the molecule is CCN1CCN(c2c(C)c(C(=O)NCc3cccnc3)n(Cc3ccccc3C)c2C)CC1. The van der Waals surface area contributed by atoms with E-state index in [0.29, 0.717) is 13.1 Å². The third-order valence-corrected chi connectivity index (χ3v) is 6.84. The summed E-state index contributed by atoms with van der Waals surface area (Å²) in [6.07, 6.45) is 3.54. The van der Waals surface area contributed by atoms with Gasteiger partial charge in [0.25, 0.3) is 5.91 Å². The van der Waals surface area contributed by atoms with E-state index in [4.69, 9.17) is 0 Å². The van der Waals surface area contributed by atoms with E-state index in [2.05, 4.69) is 76.6 Å². The lowest BCUT2D eigenvalue weighted by Gasteiger charge is -2.36. The molecular formula is C27H35N5O. The quantitative estimate of drug-likeness (QED) is 0.599. The zero-order valence-corrected chi connectivity index (χ0v) is 20.3. The summed E-state index contributed by atoms with van der Waals surface area (Å²) >= 11 is 0. The van der Waals surface area contributed by atoms with Gasteiger partial charge in [-0.25, -0.2) is 0 Å². The van der Waals surface area contributed by atoms with E-state index >= 15 is 0 Å². The molecular weight excluding hydrogens is 410 g/mol. The van der Waals surface area contributed by atoms with Crippen LogP contribution < -0.4 is 10.2 Å². The second kappa shape index (κ2) is 10.2. The van der Waals surface area contributed by atoms with E-state index < -0.39 is 0 Å². The molecule has 0 saturated carbocycles. The Bertz CT molecular complexity index is 1100. The predicted octanol–water partition coefficient (Wildman–Crippen LogP) is 3.93. The number of amides is 1. The normalized spacial score (nSPS) is 14.5. The number of carbonyl (C=O) groups is 1. The largest absolute Gasteiger partial charge is 0.367 e. The van der Waals surface area contributed by atoms with Crippen LogP contribution in [0.25, 0.3) is 0 Å². The number of benzene rings is 1. The van der Waals surface area contributed by atoms with Crippen molar-refractivity contribution in [2.24, 2.45) is 0 Å². The summed E-state index contributed by atoms with van der Waals surface area (Å²) in [6.45, 7) is 14.9. The summed E-state index contributed by atoms with van der Waals surface area (Å²) in [5.41, 5.74) is 7.66. The number of aryl methyl sites for hydroxylation is 1. The highest BCUT2D eigenvalue weighted by molar-refractivity contribution is 5.96. The average Bonchev–Trinajstić information content (AvgIpc) is 3.09. The van der Waals surface area contributed by atoms with E-state index in [1.807, 2.05) is 12.1 Å². The van der Waals surface area contributed by atoms with Crippen molar-refractivity contribution in [2.75, 3.05) is 37.6 Å². The second-order valence-corrected chi connectivity index (χ2v) is 8.89. The number of piperazine rings is 1. The van der Waals surface area contributed by atoms with Crippen LogP contribution in [-0.2, 0) is 13.1 Å². The maximum absolute atomic E-state index is 13.5. The Labute approximate surface area is 197 Å². The molecule has 1 aliphatic rings. The number of aromatic nitrogens is 2. The number of pyridine rings is 1. The number of nitrogens with zero attached hydrogens (tertiary/aromatic N) is 4. The topological polar surface area (TPSA) is 53.4 Å². The molecule has 4 rings (SSSR count). The highest BCUT2D eigenvalue weighted by Gasteiger charge is 2.27. The number of rotatable bonds is 7. The van der Waals surface area contributed by atoms with Crippen molar-refractivity contribution >= 4 is 11.6 Å². The van der Waals surface area contributed by atoms with Crippen molar-refractivity contribution < 1.29 is 4.79 Å². The van der Waals surface area contributed by atoms with Crippen molar-refractivity contribution in [3.8, 4) is 0 Å². The highest BCUT2D eigenvalue weighted by Crippen LogP contribution is 2.32. The Hall–Kier alpha value is -3.12. The fraction of sp³-hybridized carbons (Fsp3) is 0.407. The Balaban J connectivity index is 1.68. The van der Waals surface area contributed by atoms with Crippen molar-refractivity contribution in [1.82, 2.24) is 19.8 Å². The van der Waals surface area contributed by atoms with Crippen LogP contribution in [0.2, 0.25) is 0 Å². The molecule has 6 nitrogen and oxygen atoms in total. The van der Waals surface area contributed by atoms with Gasteiger partial charge in [0.15, 0.2) is 0 Å². The summed E-state index contributed by atoms with van der Waals surface area (Å²) in [5, 5.41) is 3.13. The Morgan fingerprint density at radius 2 is 1.79 bits per heavy atom. The first kappa shape index (κ1) is 23.1. The van der Waals surface area contributed by atoms with Gasteiger partial charge in [-0.1, -0.05) is 37.3 Å². The maximum atomic E-state index is 13.5. The molecule has 2 aromatic heterocycles. The van der Waals surface area contributed by atoms with Crippen molar-refractivity contribution in [3.05, 3.63) is 82.4 Å². The van der Waals surface area contributed by atoms with Crippen molar-refractivity contribution in [3.63, 3.8) is 0 Å². The van der Waals surface area contributed by atoms with E-state index in [1.54, 1.807) is 12.4 Å². The molecule has 1 saturated heterocycles. The molecule has 33 heavy (non-hydrogen) atoms. The van der Waals surface area contributed by atoms with E-state index in [0.717, 1.165) is 55.2 Å². The molecule has 0 spiro atoms. The minimum absolute atomic E-state index is 0.0357. The summed E-state index contributed by atoms with van der Waals surface area (Å²) in [4.78, 5) is 22.6. The first-order chi connectivity index (χ1) is 16.0. The second-order valence-electron chi connectivity index (χ2n) is 8.89. The number of carbonyl (C=O) groups excluding carboxylic acids is 1. The third kappa shape index (κ3) is 4.96. The Morgan fingerprint density at radius 1 is 1.03 bits per heavy atom. The molecule has 1 amide bonds. The first-order valence-electron chi connectivity index (χ1n) is 11.9. The molecule has 0 unspecified atom stereocenters. The molecule has 1 aliphatic heterocycles. The smallest absolute Gasteiger partial charge is 0.268 e. The van der Waals surface area contributed by atoms with Gasteiger partial charge in [0, 0.05) is 62.9 Å². The van der Waals surface area contributed by atoms with Gasteiger partial charge < -0.3 is 19.7 Å². The lowest BCUT2D eigenvalue weighted by Crippen LogP contribution is -2.46. The molecule has 0 atom stereocenters. The van der Waals surface area contributed by atoms with Crippen LogP contribution in [0.1, 0.15) is 45.4 Å². The fourth-order valence-electron chi connectivity index (χ4n) is 4.85. The van der Waals surface area contributed by atoms with E-state index in [9.17, 15) is 4.79 Å². The fourth-order valence-corrected chi connectivity index (χ4v) is 4.85. The highest BCUT2D eigenvalue weighted by atomic mass is 16.1. The van der Waals surface area contributed by atoms with Gasteiger partial charge in [-0.2, -0.15) is 0 Å². The zero-order valence-electron chi connectivity index (χ0n) is 20.3. The zero-order chi connectivity index (χ0) is 23.4. The van der Waals surface area contributed by atoms with Gasteiger partial charge in [0.05, 0.1) is 5.69 Å². The molecule has 1 N–H and O–H groups in total. The van der Waals surface area contributed by atoms with Gasteiger partial charge in [0.1, 0.15) is 5.69 Å². The van der Waals surface area contributed by atoms with Crippen molar-refractivity contribution in [1.29, 1.82) is 0 Å². The molecule has 6 heteroatoms. The van der Waals surface area contributed by atoms with Crippen LogP contribution in [0.15, 0.2) is 48.8 Å². The van der Waals surface area contributed by atoms with Gasteiger partial charge in [0.2, 0.25) is 0 Å². The summed E-state index contributed by atoms with van der Waals surface area (Å²) < 4.78 is 2.21. The standard InChI is InChI=1S/C27H35N5O/c1-5-30-13-15-31(16-14-30)25-21(3)26(27(33)29-18-23-10-8-12-28-17-23)32(22(25)4)19-24-11-7-6-9-20(24)2/h6-12,17H,5,13-16,18-19H2,1-4H3,(H,29,33). The summed E-state index contributed by atoms with van der Waals surface area (Å²) in [6, 6.07) is 12.3. The monoisotopic (exact) mass is 445 g/mol. The molecule has 3 aromatic rings. The molecule has 1 aromatic carbocycles. The van der Waals surface area contributed by atoms with Gasteiger partial charge in [-0.3, -0.25) is 9.78 Å². The third-order valence-electron chi connectivity index (χ3n) is 6.84. The van der Waals surface area contributed by atoms with Crippen LogP contribution in [-0.4, -0.2) is 53.1 Å². The first-order valence-corrected chi connectivity index (χ1v) is 11.9. The van der Waals surface area contributed by atoms with Gasteiger partial charge >= 0.3 is 0 Å². The van der Waals surface area contributed by atoms with Crippen molar-refractivity contribution in [2.45, 2.75) is 40.8 Å². The maximum Gasteiger partial charge on any atom is 0.268 e. The average molecular weight is 446 g/mol. The van der Waals surface area contributed by atoms with Crippen LogP contribution in [0.3, 0.4) is 0 Å². The van der Waals surface area contributed by atoms with Crippen LogP contribution >= 0.6 is 0 Å². The number of likely N-dealkylation sites (N-methyl/N-ethyl adjacent to an activating group) is 1. The Kier molecular flexibility index (Phi) is 7.14. The molecule has 174 valence electrons. The minimum Gasteiger partial charge on any atom is -0.367 e. The lowest BCUT2D eigenvalue weighted by molar-refractivity contribution is 0.0941. The van der Waals surface area contributed by atoms with E-state index in [1.165, 1.54) is 16.8 Å². The predicted molar refractivity (Wildman–Crippen MR) is 134 cm³/mol. The molecule has 0 radical (unpaired) electrons. The number of hydrogen-bond donors (Lipinski definition) is 1. The Morgan fingerprint density at radius 3 is 2.45 bits per heavy atom. The van der Waals surface area contributed by atoms with Crippen LogP contribution in [0.5, 0.6) is 0 Å². The lowest BCUT2D eigenvalue weighted by atomic mass is 10.1. The molecule has 0 bridgehead atoms. The number of hydrogen-bond acceptors (Lipinski definition) is 4. The molecule has 3 heterocycles. The van der Waals surface area contributed by atoms with Crippen LogP contribution in [0, 0.1) is 20.8 Å². The number of anilines is 1. The van der Waals surface area contributed by atoms with Gasteiger partial charge in [-0.15, -0.1) is 0 Å². The molecule has 1 fully saturated rings.